The first-order valence-electron chi connectivity index (χ1n) is 6.97. The van der Waals surface area contributed by atoms with Crippen molar-refractivity contribution in [2.75, 3.05) is 0 Å². The topological polar surface area (TPSA) is 73.9 Å². The van der Waals surface area contributed by atoms with Gasteiger partial charge in [-0.15, -0.1) is 0 Å². The van der Waals surface area contributed by atoms with Gasteiger partial charge < -0.3 is 10.5 Å². The van der Waals surface area contributed by atoms with E-state index in [1.165, 1.54) is 0 Å². The van der Waals surface area contributed by atoms with Crippen LogP contribution in [0, 0.1) is 0 Å². The average Bonchev–Trinajstić information content (AvgIpc) is 2.51. The summed E-state index contributed by atoms with van der Waals surface area (Å²) in [5.74, 6) is 1.27. The SMILES string of the molecule is C.NC1CCC(Oc2ccnc(-c3cccnc3)n2)CC1. The highest BCUT2D eigenvalue weighted by atomic mass is 16.5. The third-order valence-corrected chi connectivity index (χ3v) is 3.56. The van der Waals surface area contributed by atoms with Crippen LogP contribution in [0.5, 0.6) is 5.88 Å². The Labute approximate surface area is 125 Å². The molecule has 112 valence electrons. The largest absolute Gasteiger partial charge is 0.474 e. The molecule has 1 aliphatic rings. The Balaban J connectivity index is 0.00000161. The van der Waals surface area contributed by atoms with Gasteiger partial charge in [-0.25, -0.2) is 4.98 Å². The van der Waals surface area contributed by atoms with Crippen molar-refractivity contribution in [3.63, 3.8) is 0 Å². The van der Waals surface area contributed by atoms with Gasteiger partial charge in [0.25, 0.3) is 0 Å². The van der Waals surface area contributed by atoms with Crippen LogP contribution in [-0.4, -0.2) is 27.1 Å². The van der Waals surface area contributed by atoms with Crippen LogP contribution in [0.15, 0.2) is 36.8 Å². The molecule has 0 amide bonds. The molecule has 0 atom stereocenters. The predicted octanol–water partition coefficient (Wildman–Crippen LogP) is 2.82. The smallest absolute Gasteiger partial charge is 0.217 e. The number of hydrogen-bond acceptors (Lipinski definition) is 5. The van der Waals surface area contributed by atoms with Crippen LogP contribution in [-0.2, 0) is 0 Å². The van der Waals surface area contributed by atoms with Crippen LogP contribution in [0.3, 0.4) is 0 Å². The van der Waals surface area contributed by atoms with Gasteiger partial charge >= 0.3 is 0 Å². The minimum absolute atomic E-state index is 0. The summed E-state index contributed by atoms with van der Waals surface area (Å²) in [5.41, 5.74) is 6.79. The van der Waals surface area contributed by atoms with Gasteiger partial charge in [0.15, 0.2) is 5.82 Å². The van der Waals surface area contributed by atoms with Crippen molar-refractivity contribution in [2.24, 2.45) is 5.73 Å². The van der Waals surface area contributed by atoms with Crippen LogP contribution in [0.1, 0.15) is 33.1 Å². The zero-order chi connectivity index (χ0) is 13.8. The van der Waals surface area contributed by atoms with Crippen molar-refractivity contribution < 1.29 is 4.74 Å². The molecule has 1 aliphatic carbocycles. The van der Waals surface area contributed by atoms with Crippen LogP contribution in [0.2, 0.25) is 0 Å². The summed E-state index contributed by atoms with van der Waals surface area (Å²) in [6.45, 7) is 0. The number of nitrogens with zero attached hydrogens (tertiary/aromatic N) is 3. The first-order valence-corrected chi connectivity index (χ1v) is 6.97. The molecule has 0 aromatic carbocycles. The minimum atomic E-state index is 0. The Morgan fingerprint density at radius 3 is 2.62 bits per heavy atom. The van der Waals surface area contributed by atoms with E-state index in [4.69, 9.17) is 10.5 Å². The lowest BCUT2D eigenvalue weighted by Crippen LogP contribution is -2.31. The fourth-order valence-corrected chi connectivity index (χ4v) is 2.42. The van der Waals surface area contributed by atoms with E-state index >= 15 is 0 Å². The van der Waals surface area contributed by atoms with E-state index in [0.717, 1.165) is 31.2 Å². The third kappa shape index (κ3) is 3.98. The summed E-state index contributed by atoms with van der Waals surface area (Å²) in [5, 5.41) is 0. The van der Waals surface area contributed by atoms with Crippen molar-refractivity contribution in [2.45, 2.75) is 45.3 Å². The molecular weight excluding hydrogens is 264 g/mol. The molecule has 1 fully saturated rings. The molecule has 2 aromatic heterocycles. The van der Waals surface area contributed by atoms with Gasteiger partial charge in [-0.05, 0) is 37.8 Å². The molecular formula is C16H22N4O. The molecule has 0 saturated heterocycles. The highest BCUT2D eigenvalue weighted by Crippen LogP contribution is 2.23. The fraction of sp³-hybridized carbons (Fsp3) is 0.438. The van der Waals surface area contributed by atoms with Gasteiger partial charge in [-0.2, -0.15) is 4.98 Å². The van der Waals surface area contributed by atoms with Crippen LogP contribution in [0.25, 0.3) is 11.4 Å². The van der Waals surface area contributed by atoms with Crippen molar-refractivity contribution in [1.82, 2.24) is 15.0 Å². The summed E-state index contributed by atoms with van der Waals surface area (Å²) in [6, 6.07) is 5.93. The molecule has 0 spiro atoms. The summed E-state index contributed by atoms with van der Waals surface area (Å²) in [7, 11) is 0. The van der Waals surface area contributed by atoms with Gasteiger partial charge in [0, 0.05) is 36.3 Å². The molecule has 1 saturated carbocycles. The maximum atomic E-state index is 5.94. The Hall–Kier alpha value is -2.01. The Morgan fingerprint density at radius 1 is 1.10 bits per heavy atom. The number of aromatic nitrogens is 3. The van der Waals surface area contributed by atoms with Gasteiger partial charge in [0.05, 0.1) is 0 Å². The van der Waals surface area contributed by atoms with Crippen LogP contribution in [0.4, 0.5) is 0 Å². The molecule has 3 rings (SSSR count). The first kappa shape index (κ1) is 15.4. The van der Waals surface area contributed by atoms with Gasteiger partial charge in [0.2, 0.25) is 5.88 Å². The average molecular weight is 286 g/mol. The van der Waals surface area contributed by atoms with Gasteiger partial charge in [0.1, 0.15) is 6.10 Å². The molecule has 5 nitrogen and oxygen atoms in total. The molecule has 0 unspecified atom stereocenters. The Morgan fingerprint density at radius 2 is 1.90 bits per heavy atom. The predicted molar refractivity (Wildman–Crippen MR) is 82.9 cm³/mol. The second-order valence-corrected chi connectivity index (χ2v) is 5.11. The van der Waals surface area contributed by atoms with E-state index in [-0.39, 0.29) is 13.5 Å². The molecule has 0 radical (unpaired) electrons. The molecule has 0 aliphatic heterocycles. The Bertz CT molecular complexity index is 553. The summed E-state index contributed by atoms with van der Waals surface area (Å²) in [4.78, 5) is 12.8. The molecule has 5 heteroatoms. The zero-order valence-electron chi connectivity index (χ0n) is 11.3. The van der Waals surface area contributed by atoms with Crippen LogP contribution >= 0.6 is 0 Å². The molecule has 2 N–H and O–H groups in total. The lowest BCUT2D eigenvalue weighted by molar-refractivity contribution is 0.141. The normalized spacial score (nSPS) is 21.4. The van der Waals surface area contributed by atoms with E-state index < -0.39 is 0 Å². The van der Waals surface area contributed by atoms with E-state index in [1.807, 2.05) is 12.1 Å². The third-order valence-electron chi connectivity index (χ3n) is 3.56. The maximum Gasteiger partial charge on any atom is 0.217 e. The zero-order valence-corrected chi connectivity index (χ0v) is 11.3. The van der Waals surface area contributed by atoms with Crippen LogP contribution < -0.4 is 10.5 Å². The van der Waals surface area contributed by atoms with Gasteiger partial charge in [-0.1, -0.05) is 7.43 Å². The summed E-state index contributed by atoms with van der Waals surface area (Å²) in [6.07, 6.45) is 9.44. The molecule has 2 heterocycles. The second-order valence-electron chi connectivity index (χ2n) is 5.11. The van der Waals surface area contributed by atoms with E-state index in [9.17, 15) is 0 Å². The molecule has 2 aromatic rings. The van der Waals surface area contributed by atoms with Crippen molar-refractivity contribution >= 4 is 0 Å². The lowest BCUT2D eigenvalue weighted by atomic mass is 9.94. The summed E-state index contributed by atoms with van der Waals surface area (Å²) < 4.78 is 5.94. The molecule has 0 bridgehead atoms. The number of hydrogen-bond donors (Lipinski definition) is 1. The number of nitrogens with two attached hydrogens (primary N) is 1. The first-order chi connectivity index (χ1) is 9.81. The quantitative estimate of drug-likeness (QED) is 0.939. The number of rotatable bonds is 3. The van der Waals surface area contributed by atoms with E-state index in [0.29, 0.717) is 17.7 Å². The van der Waals surface area contributed by atoms with E-state index in [1.54, 1.807) is 24.7 Å². The van der Waals surface area contributed by atoms with Crippen molar-refractivity contribution in [3.05, 3.63) is 36.8 Å². The lowest BCUT2D eigenvalue weighted by Gasteiger charge is -2.26. The molecule has 21 heavy (non-hydrogen) atoms. The number of pyridine rings is 1. The monoisotopic (exact) mass is 286 g/mol. The summed E-state index contributed by atoms with van der Waals surface area (Å²) >= 11 is 0. The fourth-order valence-electron chi connectivity index (χ4n) is 2.42. The minimum Gasteiger partial charge on any atom is -0.474 e. The highest BCUT2D eigenvalue weighted by Gasteiger charge is 2.20. The van der Waals surface area contributed by atoms with Crippen molar-refractivity contribution in [3.8, 4) is 17.3 Å². The highest BCUT2D eigenvalue weighted by molar-refractivity contribution is 5.53. The van der Waals surface area contributed by atoms with Crippen molar-refractivity contribution in [1.29, 1.82) is 0 Å². The number of ether oxygens (including phenoxy) is 1. The Kier molecular flexibility index (Phi) is 5.22. The maximum absolute atomic E-state index is 5.94. The van der Waals surface area contributed by atoms with E-state index in [2.05, 4.69) is 15.0 Å². The van der Waals surface area contributed by atoms with Gasteiger partial charge in [-0.3, -0.25) is 4.98 Å². The second kappa shape index (κ2) is 7.13. The standard InChI is InChI=1S/C15H18N4O.CH4/c16-12-3-5-13(6-4-12)20-14-7-9-18-15(19-14)11-2-1-8-17-10-11;/h1-2,7-10,12-13H,3-6,16H2;1H4.